The lowest BCUT2D eigenvalue weighted by Gasteiger charge is -2.24. The average Bonchev–Trinajstić information content (AvgIpc) is 2.24. The molecule has 1 nitrogen and oxygen atoms in total. The molecule has 2 atom stereocenters. The highest BCUT2D eigenvalue weighted by Gasteiger charge is 2.20. The van der Waals surface area contributed by atoms with Crippen molar-refractivity contribution >= 4 is 5.78 Å². The number of ketones is 1. The van der Waals surface area contributed by atoms with Crippen molar-refractivity contribution in [3.63, 3.8) is 0 Å². The standard InChI is InChI=1S/C14H20O/c1-11-6-2-3-7-12(11)10-13-8-4-5-9-14(13)15/h2-3,10-12H,4-9H2,1H3. The summed E-state index contributed by atoms with van der Waals surface area (Å²) in [5.74, 6) is 1.72. The molecule has 0 radical (unpaired) electrons. The van der Waals surface area contributed by atoms with Crippen LogP contribution in [-0.2, 0) is 4.79 Å². The molecule has 82 valence electrons. The first-order chi connectivity index (χ1) is 7.27. The normalized spacial score (nSPS) is 34.7. The van der Waals surface area contributed by atoms with Crippen LogP contribution in [0.3, 0.4) is 0 Å². The summed E-state index contributed by atoms with van der Waals surface area (Å²) >= 11 is 0. The van der Waals surface area contributed by atoms with Crippen LogP contribution in [0.5, 0.6) is 0 Å². The lowest BCUT2D eigenvalue weighted by atomic mass is 9.81. The molecule has 0 aromatic rings. The van der Waals surface area contributed by atoms with Gasteiger partial charge in [0.2, 0.25) is 0 Å². The Balaban J connectivity index is 2.07. The maximum atomic E-state index is 11.7. The number of carbonyl (C=O) groups excluding carboxylic acids is 1. The molecule has 2 aliphatic carbocycles. The topological polar surface area (TPSA) is 17.1 Å². The predicted octanol–water partition coefficient (Wildman–Crippen LogP) is 3.66. The summed E-state index contributed by atoms with van der Waals surface area (Å²) < 4.78 is 0. The maximum Gasteiger partial charge on any atom is 0.158 e. The van der Waals surface area contributed by atoms with Crippen molar-refractivity contribution in [2.45, 2.75) is 45.4 Å². The molecule has 0 aromatic carbocycles. The molecule has 2 unspecified atom stereocenters. The summed E-state index contributed by atoms with van der Waals surface area (Å²) in [4.78, 5) is 11.7. The van der Waals surface area contributed by atoms with Gasteiger partial charge in [-0.2, -0.15) is 0 Å². The van der Waals surface area contributed by atoms with Crippen molar-refractivity contribution in [2.24, 2.45) is 11.8 Å². The zero-order chi connectivity index (χ0) is 10.7. The number of rotatable bonds is 1. The van der Waals surface area contributed by atoms with E-state index in [1.54, 1.807) is 0 Å². The van der Waals surface area contributed by atoms with E-state index >= 15 is 0 Å². The van der Waals surface area contributed by atoms with Gasteiger partial charge in [-0.25, -0.2) is 0 Å². The molecule has 0 N–H and O–H groups in total. The molecule has 2 rings (SSSR count). The third kappa shape index (κ3) is 2.58. The second kappa shape index (κ2) is 4.78. The van der Waals surface area contributed by atoms with Crippen LogP contribution in [0.25, 0.3) is 0 Å². The van der Waals surface area contributed by atoms with Gasteiger partial charge < -0.3 is 0 Å². The fourth-order valence-corrected chi connectivity index (χ4v) is 2.54. The summed E-state index contributed by atoms with van der Waals surface area (Å²) in [7, 11) is 0. The van der Waals surface area contributed by atoms with E-state index in [9.17, 15) is 4.79 Å². The molecule has 1 fully saturated rings. The summed E-state index contributed by atoms with van der Waals surface area (Å²) in [6, 6.07) is 0. The molecule has 0 amide bonds. The number of hydrogen-bond acceptors (Lipinski definition) is 1. The van der Waals surface area contributed by atoms with Crippen molar-refractivity contribution in [3.05, 3.63) is 23.8 Å². The lowest BCUT2D eigenvalue weighted by Crippen LogP contribution is -2.15. The largest absolute Gasteiger partial charge is 0.295 e. The summed E-state index contributed by atoms with van der Waals surface area (Å²) in [6.45, 7) is 2.29. The molecular weight excluding hydrogens is 184 g/mol. The highest BCUT2D eigenvalue weighted by Crippen LogP contribution is 2.29. The first kappa shape index (κ1) is 10.7. The molecule has 0 spiro atoms. The molecule has 0 bridgehead atoms. The van der Waals surface area contributed by atoms with E-state index in [0.29, 0.717) is 17.6 Å². The van der Waals surface area contributed by atoms with Crippen molar-refractivity contribution in [1.29, 1.82) is 0 Å². The molecule has 1 heteroatoms. The second-order valence-corrected chi connectivity index (χ2v) is 4.91. The van der Waals surface area contributed by atoms with Crippen LogP contribution in [0, 0.1) is 11.8 Å². The van der Waals surface area contributed by atoms with E-state index in [4.69, 9.17) is 0 Å². The van der Waals surface area contributed by atoms with E-state index < -0.39 is 0 Å². The van der Waals surface area contributed by atoms with Crippen molar-refractivity contribution in [1.82, 2.24) is 0 Å². The molecule has 0 aliphatic heterocycles. The van der Waals surface area contributed by atoms with Crippen LogP contribution in [0.15, 0.2) is 23.8 Å². The molecule has 0 heterocycles. The van der Waals surface area contributed by atoms with Crippen LogP contribution < -0.4 is 0 Å². The van der Waals surface area contributed by atoms with Gasteiger partial charge in [-0.3, -0.25) is 4.79 Å². The van der Waals surface area contributed by atoms with Gasteiger partial charge in [0, 0.05) is 6.42 Å². The van der Waals surface area contributed by atoms with Crippen molar-refractivity contribution in [3.8, 4) is 0 Å². The van der Waals surface area contributed by atoms with Crippen molar-refractivity contribution in [2.75, 3.05) is 0 Å². The quantitative estimate of drug-likeness (QED) is 0.470. The second-order valence-electron chi connectivity index (χ2n) is 4.91. The smallest absolute Gasteiger partial charge is 0.158 e. The fraction of sp³-hybridized carbons (Fsp3) is 0.643. The van der Waals surface area contributed by atoms with E-state index in [2.05, 4.69) is 25.2 Å². The minimum atomic E-state index is 0.406. The van der Waals surface area contributed by atoms with Gasteiger partial charge in [0.05, 0.1) is 0 Å². The van der Waals surface area contributed by atoms with Gasteiger partial charge in [-0.15, -0.1) is 0 Å². The van der Waals surface area contributed by atoms with Crippen LogP contribution in [0.2, 0.25) is 0 Å². The number of carbonyl (C=O) groups is 1. The highest BCUT2D eigenvalue weighted by molar-refractivity contribution is 5.95. The van der Waals surface area contributed by atoms with Crippen molar-refractivity contribution < 1.29 is 4.79 Å². The van der Waals surface area contributed by atoms with E-state index in [1.165, 1.54) is 12.8 Å². The number of Topliss-reactive ketones (excluding diaryl/α,β-unsaturated/α-hetero) is 1. The zero-order valence-corrected chi connectivity index (χ0v) is 9.54. The van der Waals surface area contributed by atoms with Crippen LogP contribution in [-0.4, -0.2) is 5.78 Å². The van der Waals surface area contributed by atoms with Crippen LogP contribution >= 0.6 is 0 Å². The van der Waals surface area contributed by atoms with Gasteiger partial charge in [0.15, 0.2) is 5.78 Å². The van der Waals surface area contributed by atoms with Gasteiger partial charge in [0.25, 0.3) is 0 Å². The minimum Gasteiger partial charge on any atom is -0.295 e. The Labute approximate surface area is 92.3 Å². The first-order valence-electron chi connectivity index (χ1n) is 6.16. The molecule has 0 aromatic heterocycles. The Bertz CT molecular complexity index is 298. The zero-order valence-electron chi connectivity index (χ0n) is 9.54. The first-order valence-corrected chi connectivity index (χ1v) is 6.16. The van der Waals surface area contributed by atoms with E-state index in [0.717, 1.165) is 31.3 Å². The van der Waals surface area contributed by atoms with Gasteiger partial charge in [-0.1, -0.05) is 25.2 Å². The Morgan fingerprint density at radius 2 is 1.93 bits per heavy atom. The lowest BCUT2D eigenvalue weighted by molar-refractivity contribution is -0.116. The molecular formula is C14H20O. The molecule has 2 aliphatic rings. The summed E-state index contributed by atoms with van der Waals surface area (Å²) in [5.41, 5.74) is 1.12. The molecule has 0 saturated heterocycles. The minimum absolute atomic E-state index is 0.406. The third-order valence-corrected chi connectivity index (χ3v) is 3.69. The van der Waals surface area contributed by atoms with E-state index in [-0.39, 0.29) is 0 Å². The summed E-state index contributed by atoms with van der Waals surface area (Å²) in [5, 5.41) is 0. The number of allylic oxidation sites excluding steroid dienone is 4. The maximum absolute atomic E-state index is 11.7. The number of hydrogen-bond donors (Lipinski definition) is 0. The Morgan fingerprint density at radius 1 is 1.20 bits per heavy atom. The average molecular weight is 204 g/mol. The Kier molecular flexibility index (Phi) is 3.40. The fourth-order valence-electron chi connectivity index (χ4n) is 2.54. The van der Waals surface area contributed by atoms with Gasteiger partial charge >= 0.3 is 0 Å². The highest BCUT2D eigenvalue weighted by atomic mass is 16.1. The Hall–Kier alpha value is -0.850. The van der Waals surface area contributed by atoms with Crippen LogP contribution in [0.1, 0.15) is 45.4 Å². The summed E-state index contributed by atoms with van der Waals surface area (Å²) in [6.07, 6.45) is 13.2. The SMILES string of the molecule is CC1CC=CCC1C=C1CCCCC1=O. The van der Waals surface area contributed by atoms with E-state index in [1.807, 2.05) is 0 Å². The molecule has 15 heavy (non-hydrogen) atoms. The predicted molar refractivity (Wildman–Crippen MR) is 62.6 cm³/mol. The van der Waals surface area contributed by atoms with Gasteiger partial charge in [-0.05, 0) is 49.5 Å². The third-order valence-electron chi connectivity index (χ3n) is 3.69. The molecule has 1 saturated carbocycles. The Morgan fingerprint density at radius 3 is 2.67 bits per heavy atom. The monoisotopic (exact) mass is 204 g/mol. The van der Waals surface area contributed by atoms with Crippen LogP contribution in [0.4, 0.5) is 0 Å². The van der Waals surface area contributed by atoms with Gasteiger partial charge in [0.1, 0.15) is 0 Å².